The molecule has 218 valence electrons. The molecule has 39 heavy (non-hydrogen) atoms. The van der Waals surface area contributed by atoms with Crippen LogP contribution >= 0.6 is 0 Å². The number of carboxylic acid groups (broad SMARTS) is 1. The van der Waals surface area contributed by atoms with Crippen molar-refractivity contribution in [3.8, 4) is 0 Å². The number of Topliss-reactive ketones (excluding diaryl/α,β-unsaturated/α-hetero) is 1. The van der Waals surface area contributed by atoms with E-state index in [0.29, 0.717) is 12.8 Å². The van der Waals surface area contributed by atoms with Crippen LogP contribution < -0.4 is 0 Å². The van der Waals surface area contributed by atoms with Crippen LogP contribution in [0.5, 0.6) is 0 Å². The molecular weight excluding hydrogens is 498 g/mol. The molecule has 0 amide bonds. The van der Waals surface area contributed by atoms with E-state index in [9.17, 15) is 14.7 Å². The molecule has 2 rings (SSSR count). The number of hydrogen-bond donors (Lipinski definition) is 1. The second kappa shape index (κ2) is 16.7. The number of aliphatic carboxylic acids is 1. The lowest BCUT2D eigenvalue weighted by molar-refractivity contribution is -0.177. The first-order valence-electron chi connectivity index (χ1n) is 15.0. The van der Waals surface area contributed by atoms with Gasteiger partial charge in [0.05, 0.1) is 5.57 Å². The van der Waals surface area contributed by atoms with Gasteiger partial charge in [-0.1, -0.05) is 128 Å². The molecule has 0 spiro atoms. The lowest BCUT2D eigenvalue weighted by atomic mass is 9.73. The molecule has 1 aromatic carbocycles. The van der Waals surface area contributed by atoms with Crippen molar-refractivity contribution >= 4 is 17.3 Å². The molecular formula is C33H48F2O4. The summed E-state index contributed by atoms with van der Waals surface area (Å²) in [4.78, 5) is 25.9. The van der Waals surface area contributed by atoms with E-state index in [2.05, 4.69) is 13.8 Å². The summed E-state index contributed by atoms with van der Waals surface area (Å²) >= 11 is 0. The van der Waals surface area contributed by atoms with Crippen LogP contribution in [0.15, 0.2) is 48.1 Å². The number of ketones is 1. The fourth-order valence-corrected chi connectivity index (χ4v) is 5.33. The van der Waals surface area contributed by atoms with Crippen molar-refractivity contribution in [2.24, 2.45) is 5.92 Å². The van der Waals surface area contributed by atoms with Gasteiger partial charge >= 0.3 is 11.9 Å². The van der Waals surface area contributed by atoms with Crippen LogP contribution in [0.25, 0.3) is 5.57 Å². The van der Waals surface area contributed by atoms with Crippen molar-refractivity contribution in [2.45, 2.75) is 122 Å². The first-order valence-corrected chi connectivity index (χ1v) is 15.0. The zero-order valence-corrected chi connectivity index (χ0v) is 24.2. The standard InChI is InChI=1S/C33H48F2O4/c1-4-6-8-10-11-12-14-19-25-39-32(30(36)26(3)20-16-13-9-7-5-2)24-23-28(31(37)38)29(33(32,34)35)27-21-17-15-18-22-27/h15,17-18,21-24,26H,4-14,16,19-20,25H2,1-3H3,(H,37,38). The van der Waals surface area contributed by atoms with Crippen LogP contribution in [0.2, 0.25) is 0 Å². The Labute approximate surface area is 233 Å². The topological polar surface area (TPSA) is 63.6 Å². The Balaban J connectivity index is 2.29. The smallest absolute Gasteiger partial charge is 0.336 e. The molecule has 0 saturated carbocycles. The van der Waals surface area contributed by atoms with Gasteiger partial charge in [-0.25, -0.2) is 4.79 Å². The Hall–Kier alpha value is -2.34. The minimum absolute atomic E-state index is 0.00826. The minimum Gasteiger partial charge on any atom is -0.478 e. The van der Waals surface area contributed by atoms with Crippen molar-refractivity contribution in [1.29, 1.82) is 0 Å². The van der Waals surface area contributed by atoms with Crippen molar-refractivity contribution < 1.29 is 28.2 Å². The Bertz CT molecular complexity index is 954. The van der Waals surface area contributed by atoms with Gasteiger partial charge in [-0.3, -0.25) is 4.79 Å². The van der Waals surface area contributed by atoms with Crippen molar-refractivity contribution in [3.05, 3.63) is 53.6 Å². The maximum atomic E-state index is 16.6. The van der Waals surface area contributed by atoms with Gasteiger partial charge in [-0.15, -0.1) is 0 Å². The van der Waals surface area contributed by atoms with Gasteiger partial charge < -0.3 is 9.84 Å². The molecule has 0 radical (unpaired) electrons. The van der Waals surface area contributed by atoms with E-state index in [1.807, 2.05) is 0 Å². The summed E-state index contributed by atoms with van der Waals surface area (Å²) in [5.41, 5.74) is -3.65. The molecule has 1 N–H and O–H groups in total. The Kier molecular flexibility index (Phi) is 14.1. The van der Waals surface area contributed by atoms with Crippen LogP contribution in [0.3, 0.4) is 0 Å². The van der Waals surface area contributed by atoms with Crippen LogP contribution in [0.1, 0.15) is 116 Å². The average Bonchev–Trinajstić information content (AvgIpc) is 2.92. The van der Waals surface area contributed by atoms with Gasteiger partial charge in [-0.2, -0.15) is 8.78 Å². The highest BCUT2D eigenvalue weighted by atomic mass is 19.3. The summed E-state index contributed by atoms with van der Waals surface area (Å²) in [5, 5.41) is 9.79. The largest absolute Gasteiger partial charge is 0.478 e. The van der Waals surface area contributed by atoms with Gasteiger partial charge in [0.2, 0.25) is 5.60 Å². The number of benzene rings is 1. The van der Waals surface area contributed by atoms with Crippen molar-refractivity contribution in [3.63, 3.8) is 0 Å². The lowest BCUT2D eigenvalue weighted by Gasteiger charge is -2.42. The van der Waals surface area contributed by atoms with Gasteiger partial charge in [0.1, 0.15) is 0 Å². The zero-order chi connectivity index (χ0) is 28.7. The summed E-state index contributed by atoms with van der Waals surface area (Å²) in [6.07, 6.45) is 15.9. The molecule has 4 nitrogen and oxygen atoms in total. The number of unbranched alkanes of at least 4 members (excludes halogenated alkanes) is 11. The van der Waals surface area contributed by atoms with E-state index in [-0.39, 0.29) is 12.2 Å². The number of halogens is 2. The van der Waals surface area contributed by atoms with E-state index in [4.69, 9.17) is 4.74 Å². The SMILES string of the molecule is CCCCCCCCCCOC1(C(=O)C(C)CCCCCCC)C=CC(C(=O)O)=C(c2ccccc2)C1(F)F. The molecule has 2 atom stereocenters. The van der Waals surface area contributed by atoms with Crippen molar-refractivity contribution in [2.75, 3.05) is 6.61 Å². The van der Waals surface area contributed by atoms with Crippen LogP contribution in [0, 0.1) is 5.92 Å². The quantitative estimate of drug-likeness (QED) is 0.166. The van der Waals surface area contributed by atoms with Crippen molar-refractivity contribution in [1.82, 2.24) is 0 Å². The summed E-state index contributed by atoms with van der Waals surface area (Å²) in [6.45, 7) is 6.00. The molecule has 0 heterocycles. The highest BCUT2D eigenvalue weighted by Crippen LogP contribution is 2.50. The van der Waals surface area contributed by atoms with Gasteiger partial charge in [0.25, 0.3) is 0 Å². The third kappa shape index (κ3) is 8.83. The highest BCUT2D eigenvalue weighted by Gasteiger charge is 2.63. The number of ether oxygens (including phenoxy) is 1. The second-order valence-electron chi connectivity index (χ2n) is 10.9. The van der Waals surface area contributed by atoms with E-state index in [0.717, 1.165) is 69.9 Å². The van der Waals surface area contributed by atoms with E-state index in [1.165, 1.54) is 31.4 Å². The maximum absolute atomic E-state index is 16.6. The Morgan fingerprint density at radius 1 is 0.846 bits per heavy atom. The summed E-state index contributed by atoms with van der Waals surface area (Å²) < 4.78 is 39.2. The highest BCUT2D eigenvalue weighted by molar-refractivity contribution is 6.06. The van der Waals surface area contributed by atoms with Crippen LogP contribution in [0.4, 0.5) is 8.78 Å². The second-order valence-corrected chi connectivity index (χ2v) is 10.9. The zero-order valence-electron chi connectivity index (χ0n) is 24.2. The molecule has 1 aliphatic carbocycles. The van der Waals surface area contributed by atoms with E-state index in [1.54, 1.807) is 25.1 Å². The maximum Gasteiger partial charge on any atom is 0.336 e. The summed E-state index contributed by atoms with van der Waals surface area (Å²) in [7, 11) is 0. The predicted molar refractivity (Wildman–Crippen MR) is 154 cm³/mol. The third-order valence-corrected chi connectivity index (χ3v) is 7.71. The molecule has 0 fully saturated rings. The Morgan fingerprint density at radius 2 is 1.38 bits per heavy atom. The average molecular weight is 547 g/mol. The van der Waals surface area contributed by atoms with Gasteiger partial charge in [0, 0.05) is 18.1 Å². The first kappa shape index (κ1) is 32.9. The number of carbonyl (C=O) groups excluding carboxylic acids is 1. The Morgan fingerprint density at radius 3 is 1.95 bits per heavy atom. The van der Waals surface area contributed by atoms with Gasteiger partial charge in [0.15, 0.2) is 5.78 Å². The number of carboxylic acids is 1. The number of hydrogen-bond acceptors (Lipinski definition) is 3. The molecule has 0 saturated heterocycles. The summed E-state index contributed by atoms with van der Waals surface area (Å²) in [5.74, 6) is -6.65. The fourth-order valence-electron chi connectivity index (χ4n) is 5.33. The monoisotopic (exact) mass is 546 g/mol. The number of carbonyl (C=O) groups is 2. The lowest BCUT2D eigenvalue weighted by Crippen LogP contribution is -2.59. The molecule has 1 aromatic rings. The van der Waals surface area contributed by atoms with E-state index >= 15 is 8.78 Å². The van der Waals surface area contributed by atoms with Gasteiger partial charge in [-0.05, 0) is 30.6 Å². The molecule has 6 heteroatoms. The molecule has 0 aliphatic heterocycles. The molecule has 0 bridgehead atoms. The molecule has 0 aromatic heterocycles. The number of rotatable bonds is 20. The normalized spacial score (nSPS) is 19.3. The summed E-state index contributed by atoms with van der Waals surface area (Å²) in [6, 6.07) is 7.76. The fraction of sp³-hybridized carbons (Fsp3) is 0.636. The predicted octanol–water partition coefficient (Wildman–Crippen LogP) is 9.19. The van der Waals surface area contributed by atoms with Crippen LogP contribution in [-0.2, 0) is 14.3 Å². The van der Waals surface area contributed by atoms with Crippen LogP contribution in [-0.4, -0.2) is 35.0 Å². The first-order chi connectivity index (χ1) is 18.7. The third-order valence-electron chi connectivity index (χ3n) is 7.71. The number of alkyl halides is 2. The minimum atomic E-state index is -3.86. The van der Waals surface area contributed by atoms with E-state index < -0.39 is 40.3 Å². The molecule has 1 aliphatic rings. The molecule has 2 unspecified atom stereocenters.